The van der Waals surface area contributed by atoms with Crippen molar-refractivity contribution in [2.75, 3.05) is 6.54 Å². The van der Waals surface area contributed by atoms with E-state index in [1.807, 2.05) is 19.2 Å². The molecule has 0 radical (unpaired) electrons. The molecule has 2 aromatic rings. The van der Waals surface area contributed by atoms with Gasteiger partial charge in [0.2, 0.25) is 0 Å². The number of aromatic nitrogens is 2. The molecule has 134 valence electrons. The molecule has 6 nitrogen and oxygen atoms in total. The molecule has 2 N–H and O–H groups in total. The van der Waals surface area contributed by atoms with E-state index in [-0.39, 0.29) is 24.0 Å². The van der Waals surface area contributed by atoms with Crippen LogP contribution < -0.4 is 10.6 Å². The van der Waals surface area contributed by atoms with Crippen LogP contribution in [0.2, 0.25) is 0 Å². The first-order chi connectivity index (χ1) is 11.1. The third-order valence-electron chi connectivity index (χ3n) is 3.26. The molecule has 0 atom stereocenters. The molecule has 0 aromatic carbocycles. The van der Waals surface area contributed by atoms with Gasteiger partial charge in [-0.05, 0) is 19.3 Å². The second-order valence-corrected chi connectivity index (χ2v) is 6.70. The summed E-state index contributed by atoms with van der Waals surface area (Å²) in [6, 6.07) is 1.96. The molecular formula is C16H26IN5OS. The number of hydrogen-bond donors (Lipinski definition) is 2. The zero-order valence-electron chi connectivity index (χ0n) is 14.6. The Kier molecular flexibility index (Phi) is 9.27. The number of aryl methyl sites for hydroxylation is 1. The summed E-state index contributed by atoms with van der Waals surface area (Å²) in [6.07, 6.45) is 2.96. The van der Waals surface area contributed by atoms with Gasteiger partial charge in [0.1, 0.15) is 11.6 Å². The molecule has 0 amide bonds. The largest absolute Gasteiger partial charge is 0.359 e. The Hall–Kier alpha value is -1.16. The molecule has 0 spiro atoms. The summed E-state index contributed by atoms with van der Waals surface area (Å²) in [5.74, 6) is 1.89. The van der Waals surface area contributed by atoms with E-state index in [0.717, 1.165) is 35.4 Å². The standard InChI is InChI=1S/C16H25N5OS.HI/c1-5-13-9-18-15(23-13)10-20-16(17-6-2)19-8-12-7-14(11(3)4)21-22-12;/h7,9,11H,5-6,8,10H2,1-4H3,(H2,17,19,20);1H. The number of hydrogen-bond acceptors (Lipinski definition) is 5. The Labute approximate surface area is 164 Å². The average molecular weight is 463 g/mol. The van der Waals surface area contributed by atoms with Crippen LogP contribution in [0.4, 0.5) is 0 Å². The van der Waals surface area contributed by atoms with E-state index in [1.54, 1.807) is 11.3 Å². The highest BCUT2D eigenvalue weighted by atomic mass is 127. The Morgan fingerprint density at radius 2 is 2.12 bits per heavy atom. The highest BCUT2D eigenvalue weighted by Gasteiger charge is 2.08. The minimum atomic E-state index is 0. The molecule has 0 saturated carbocycles. The third kappa shape index (κ3) is 6.39. The molecule has 0 aliphatic carbocycles. The Balaban J connectivity index is 0.00000288. The SMILES string of the molecule is CCNC(=NCc1cc(C(C)C)no1)NCc1ncc(CC)s1.I. The first-order valence-corrected chi connectivity index (χ1v) is 8.85. The van der Waals surface area contributed by atoms with Gasteiger partial charge in [-0.3, -0.25) is 0 Å². The van der Waals surface area contributed by atoms with Gasteiger partial charge in [-0.1, -0.05) is 25.9 Å². The molecule has 2 heterocycles. The Bertz CT molecular complexity index is 638. The van der Waals surface area contributed by atoms with Crippen molar-refractivity contribution in [2.24, 2.45) is 4.99 Å². The lowest BCUT2D eigenvalue weighted by molar-refractivity contribution is 0.376. The second-order valence-electron chi connectivity index (χ2n) is 5.50. The number of nitrogens with one attached hydrogen (secondary N) is 2. The molecule has 0 saturated heterocycles. The van der Waals surface area contributed by atoms with E-state index in [9.17, 15) is 0 Å². The van der Waals surface area contributed by atoms with Crippen LogP contribution in [0.1, 0.15) is 55.0 Å². The number of guanidine groups is 1. The van der Waals surface area contributed by atoms with E-state index < -0.39 is 0 Å². The topological polar surface area (TPSA) is 75.3 Å². The van der Waals surface area contributed by atoms with Crippen LogP contribution >= 0.6 is 35.3 Å². The zero-order chi connectivity index (χ0) is 16.7. The van der Waals surface area contributed by atoms with Crippen molar-refractivity contribution < 1.29 is 4.52 Å². The van der Waals surface area contributed by atoms with Gasteiger partial charge in [0.25, 0.3) is 0 Å². The molecular weight excluding hydrogens is 437 g/mol. The summed E-state index contributed by atoms with van der Waals surface area (Å²) in [6.45, 7) is 10.3. The van der Waals surface area contributed by atoms with Gasteiger partial charge in [-0.25, -0.2) is 9.98 Å². The molecule has 8 heteroatoms. The van der Waals surface area contributed by atoms with E-state index in [2.05, 4.69) is 46.5 Å². The monoisotopic (exact) mass is 463 g/mol. The minimum absolute atomic E-state index is 0. The van der Waals surface area contributed by atoms with Gasteiger partial charge in [-0.2, -0.15) is 0 Å². The predicted molar refractivity (Wildman–Crippen MR) is 109 cm³/mol. The van der Waals surface area contributed by atoms with Gasteiger partial charge < -0.3 is 15.2 Å². The molecule has 0 unspecified atom stereocenters. The lowest BCUT2D eigenvalue weighted by Gasteiger charge is -2.09. The fourth-order valence-electron chi connectivity index (χ4n) is 1.93. The van der Waals surface area contributed by atoms with Gasteiger partial charge in [0.05, 0.1) is 12.2 Å². The molecule has 0 bridgehead atoms. The summed E-state index contributed by atoms with van der Waals surface area (Å²) in [4.78, 5) is 10.2. The quantitative estimate of drug-likeness (QED) is 0.372. The van der Waals surface area contributed by atoms with Crippen molar-refractivity contribution in [1.82, 2.24) is 20.8 Å². The summed E-state index contributed by atoms with van der Waals surface area (Å²) < 4.78 is 5.31. The zero-order valence-corrected chi connectivity index (χ0v) is 17.8. The number of halogens is 1. The molecule has 2 aromatic heterocycles. The van der Waals surface area contributed by atoms with Crippen molar-refractivity contribution in [2.45, 2.75) is 53.1 Å². The average Bonchev–Trinajstić information content (AvgIpc) is 3.19. The van der Waals surface area contributed by atoms with Crippen molar-refractivity contribution in [1.29, 1.82) is 0 Å². The summed E-state index contributed by atoms with van der Waals surface area (Å²) in [7, 11) is 0. The summed E-state index contributed by atoms with van der Waals surface area (Å²) in [5, 5.41) is 11.6. The maximum atomic E-state index is 5.31. The second kappa shape index (κ2) is 10.7. The minimum Gasteiger partial charge on any atom is -0.359 e. The lowest BCUT2D eigenvalue weighted by atomic mass is 10.1. The predicted octanol–water partition coefficient (Wildman–Crippen LogP) is 3.69. The van der Waals surface area contributed by atoms with Crippen LogP contribution in [-0.4, -0.2) is 22.6 Å². The normalized spacial score (nSPS) is 11.5. The first-order valence-electron chi connectivity index (χ1n) is 8.03. The van der Waals surface area contributed by atoms with Gasteiger partial charge >= 0.3 is 0 Å². The third-order valence-corrected chi connectivity index (χ3v) is 4.40. The molecule has 0 aliphatic heterocycles. The highest BCUT2D eigenvalue weighted by Crippen LogP contribution is 2.15. The maximum absolute atomic E-state index is 5.31. The maximum Gasteiger partial charge on any atom is 0.192 e. The van der Waals surface area contributed by atoms with Crippen LogP contribution in [-0.2, 0) is 19.5 Å². The smallest absolute Gasteiger partial charge is 0.192 e. The van der Waals surface area contributed by atoms with Crippen molar-refractivity contribution in [3.05, 3.63) is 33.6 Å². The van der Waals surface area contributed by atoms with E-state index in [4.69, 9.17) is 4.52 Å². The van der Waals surface area contributed by atoms with Crippen molar-refractivity contribution in [3.63, 3.8) is 0 Å². The number of nitrogens with zero attached hydrogens (tertiary/aromatic N) is 3. The molecule has 24 heavy (non-hydrogen) atoms. The Morgan fingerprint density at radius 1 is 1.33 bits per heavy atom. The number of rotatable bonds is 7. The molecule has 0 aliphatic rings. The molecule has 0 fully saturated rings. The van der Waals surface area contributed by atoms with Crippen LogP contribution in [0.5, 0.6) is 0 Å². The van der Waals surface area contributed by atoms with Gasteiger partial charge in [0.15, 0.2) is 11.7 Å². The van der Waals surface area contributed by atoms with Gasteiger partial charge in [0, 0.05) is 23.7 Å². The van der Waals surface area contributed by atoms with Crippen LogP contribution in [0, 0.1) is 0 Å². The fourth-order valence-corrected chi connectivity index (χ4v) is 2.73. The number of aliphatic imine (C=N–C) groups is 1. The molecule has 2 rings (SSSR count). The highest BCUT2D eigenvalue weighted by molar-refractivity contribution is 14.0. The Morgan fingerprint density at radius 3 is 2.71 bits per heavy atom. The fraction of sp³-hybridized carbons (Fsp3) is 0.562. The summed E-state index contributed by atoms with van der Waals surface area (Å²) in [5.41, 5.74) is 0.961. The van der Waals surface area contributed by atoms with Crippen LogP contribution in [0.25, 0.3) is 0 Å². The van der Waals surface area contributed by atoms with Crippen LogP contribution in [0.3, 0.4) is 0 Å². The van der Waals surface area contributed by atoms with Crippen molar-refractivity contribution >= 4 is 41.3 Å². The van der Waals surface area contributed by atoms with E-state index in [1.165, 1.54) is 4.88 Å². The van der Waals surface area contributed by atoms with E-state index in [0.29, 0.717) is 19.0 Å². The van der Waals surface area contributed by atoms with Crippen LogP contribution in [0.15, 0.2) is 21.8 Å². The van der Waals surface area contributed by atoms with E-state index >= 15 is 0 Å². The first kappa shape index (κ1) is 20.9. The van der Waals surface area contributed by atoms with Gasteiger partial charge in [-0.15, -0.1) is 35.3 Å². The van der Waals surface area contributed by atoms with Crippen molar-refractivity contribution in [3.8, 4) is 0 Å². The lowest BCUT2D eigenvalue weighted by Crippen LogP contribution is -2.36. The number of thiazole rings is 1. The summed E-state index contributed by atoms with van der Waals surface area (Å²) >= 11 is 1.73.